The Hall–Kier alpha value is -1.88. The first kappa shape index (κ1) is 13.5. The number of nitrogens with two attached hydrogens (primary N) is 1. The van der Waals surface area contributed by atoms with E-state index in [-0.39, 0.29) is 11.4 Å². The predicted molar refractivity (Wildman–Crippen MR) is 73.9 cm³/mol. The highest BCUT2D eigenvalue weighted by Gasteiger charge is 2.08. The number of hydrogen-bond acceptors (Lipinski definition) is 3. The first-order valence-corrected chi connectivity index (χ1v) is 6.98. The van der Waals surface area contributed by atoms with Gasteiger partial charge in [0.15, 0.2) is 0 Å². The second kappa shape index (κ2) is 5.84. The van der Waals surface area contributed by atoms with Crippen LogP contribution in [-0.4, -0.2) is 11.3 Å². The van der Waals surface area contributed by atoms with E-state index >= 15 is 0 Å². The van der Waals surface area contributed by atoms with Crippen molar-refractivity contribution in [3.05, 3.63) is 53.8 Å². The van der Waals surface area contributed by atoms with Gasteiger partial charge in [0.25, 0.3) is 0 Å². The minimum Gasteiger partial charge on any atom is -0.497 e. The van der Waals surface area contributed by atoms with Gasteiger partial charge in [0, 0.05) is 4.90 Å². The molecule has 2 aromatic carbocycles. The molecule has 0 saturated carbocycles. The number of ether oxygens (including phenoxy) is 1. The van der Waals surface area contributed by atoms with Gasteiger partial charge in [0.1, 0.15) is 11.6 Å². The van der Waals surface area contributed by atoms with Crippen LogP contribution in [-0.2, 0) is 16.6 Å². The number of hydrogen-bond donors (Lipinski definition) is 1. The van der Waals surface area contributed by atoms with Gasteiger partial charge in [0.05, 0.1) is 29.3 Å². The normalized spacial score (nSPS) is 12.1. The Kier molecular flexibility index (Phi) is 4.16. The zero-order valence-corrected chi connectivity index (χ0v) is 11.2. The van der Waals surface area contributed by atoms with E-state index in [2.05, 4.69) is 0 Å². The molecule has 0 saturated heterocycles. The molecule has 1 atom stereocenters. The molecule has 3 nitrogen and oxygen atoms in total. The molecule has 0 heterocycles. The van der Waals surface area contributed by atoms with Crippen molar-refractivity contribution in [3.63, 3.8) is 0 Å². The molecular formula is C14H14FNO2S. The standard InChI is InChI=1S/C14H14FNO2S/c1-18-11-3-2-4-12(8-11)19(17)9-10-5-6-14(16)13(15)7-10/h2-8H,9,16H2,1H3. The van der Waals surface area contributed by atoms with Crippen LogP contribution >= 0.6 is 0 Å². The van der Waals surface area contributed by atoms with Crippen LogP contribution in [0.3, 0.4) is 0 Å². The fraction of sp³-hybridized carbons (Fsp3) is 0.143. The lowest BCUT2D eigenvalue weighted by molar-refractivity contribution is 0.413. The van der Waals surface area contributed by atoms with Crippen molar-refractivity contribution in [1.82, 2.24) is 0 Å². The smallest absolute Gasteiger partial charge is 0.146 e. The molecule has 1 unspecified atom stereocenters. The molecule has 0 radical (unpaired) electrons. The molecule has 2 N–H and O–H groups in total. The maximum absolute atomic E-state index is 13.3. The lowest BCUT2D eigenvalue weighted by Gasteiger charge is -2.06. The Labute approximate surface area is 113 Å². The summed E-state index contributed by atoms with van der Waals surface area (Å²) in [5, 5.41) is 0. The number of benzene rings is 2. The fourth-order valence-corrected chi connectivity index (χ4v) is 2.76. The first-order chi connectivity index (χ1) is 9.10. The van der Waals surface area contributed by atoms with Crippen molar-refractivity contribution in [3.8, 4) is 5.75 Å². The summed E-state index contributed by atoms with van der Waals surface area (Å²) >= 11 is 0. The summed E-state index contributed by atoms with van der Waals surface area (Å²) in [6.07, 6.45) is 0. The van der Waals surface area contributed by atoms with Gasteiger partial charge >= 0.3 is 0 Å². The number of halogens is 1. The number of anilines is 1. The van der Waals surface area contributed by atoms with Crippen molar-refractivity contribution >= 4 is 16.5 Å². The predicted octanol–water partition coefficient (Wildman–Crippen LogP) is 2.72. The van der Waals surface area contributed by atoms with Gasteiger partial charge < -0.3 is 10.5 Å². The topological polar surface area (TPSA) is 52.3 Å². The van der Waals surface area contributed by atoms with Gasteiger partial charge in [-0.05, 0) is 35.9 Å². The lowest BCUT2D eigenvalue weighted by atomic mass is 10.2. The van der Waals surface area contributed by atoms with E-state index in [9.17, 15) is 8.60 Å². The molecule has 2 aromatic rings. The Bertz CT molecular complexity index is 616. The first-order valence-electron chi connectivity index (χ1n) is 5.66. The molecule has 100 valence electrons. The van der Waals surface area contributed by atoms with Gasteiger partial charge in [-0.2, -0.15) is 0 Å². The molecule has 0 aliphatic rings. The summed E-state index contributed by atoms with van der Waals surface area (Å²) in [6, 6.07) is 11.5. The van der Waals surface area contributed by atoms with Gasteiger partial charge in [-0.15, -0.1) is 0 Å². The minimum absolute atomic E-state index is 0.0934. The zero-order chi connectivity index (χ0) is 13.8. The monoisotopic (exact) mass is 279 g/mol. The van der Waals surface area contributed by atoms with Crippen molar-refractivity contribution < 1.29 is 13.3 Å². The van der Waals surface area contributed by atoms with Gasteiger partial charge in [-0.3, -0.25) is 4.21 Å². The quantitative estimate of drug-likeness (QED) is 0.875. The van der Waals surface area contributed by atoms with Crippen LogP contribution in [0.25, 0.3) is 0 Å². The average Bonchev–Trinajstić information content (AvgIpc) is 2.43. The van der Waals surface area contributed by atoms with Crippen LogP contribution in [0, 0.1) is 5.82 Å². The van der Waals surface area contributed by atoms with Gasteiger partial charge in [0.2, 0.25) is 0 Å². The van der Waals surface area contributed by atoms with Gasteiger partial charge in [-0.25, -0.2) is 4.39 Å². The zero-order valence-electron chi connectivity index (χ0n) is 10.4. The summed E-state index contributed by atoms with van der Waals surface area (Å²) in [6.45, 7) is 0. The van der Waals surface area contributed by atoms with E-state index in [0.717, 1.165) is 0 Å². The molecule has 0 fully saturated rings. The van der Waals surface area contributed by atoms with Crippen molar-refractivity contribution in [2.75, 3.05) is 12.8 Å². The fourth-order valence-electron chi connectivity index (χ4n) is 1.64. The minimum atomic E-state index is -1.25. The number of nitrogen functional groups attached to an aromatic ring is 1. The Morgan fingerprint density at radius 2 is 2.05 bits per heavy atom. The van der Waals surface area contributed by atoms with Crippen LogP contribution in [0.15, 0.2) is 47.4 Å². The molecule has 2 rings (SSSR count). The summed E-state index contributed by atoms with van der Waals surface area (Å²) in [7, 11) is 0.304. The highest BCUT2D eigenvalue weighted by molar-refractivity contribution is 7.84. The third-order valence-corrected chi connectivity index (χ3v) is 4.04. The molecule has 19 heavy (non-hydrogen) atoms. The Morgan fingerprint density at radius 1 is 1.26 bits per heavy atom. The summed E-state index contributed by atoms with van der Waals surface area (Å²) in [5.41, 5.74) is 6.14. The number of rotatable bonds is 4. The second-order valence-electron chi connectivity index (χ2n) is 4.02. The summed E-state index contributed by atoms with van der Waals surface area (Å²) < 4.78 is 30.6. The molecule has 5 heteroatoms. The van der Waals surface area contributed by atoms with E-state index in [1.165, 1.54) is 12.1 Å². The second-order valence-corrected chi connectivity index (χ2v) is 5.48. The summed E-state index contributed by atoms with van der Waals surface area (Å²) in [4.78, 5) is 0.650. The largest absolute Gasteiger partial charge is 0.497 e. The Balaban J connectivity index is 2.18. The summed E-state index contributed by atoms with van der Waals surface area (Å²) in [5.74, 6) is 0.402. The molecule has 0 amide bonds. The number of methoxy groups -OCH3 is 1. The van der Waals surface area contributed by atoms with Gasteiger partial charge in [-0.1, -0.05) is 12.1 Å². The molecule has 0 aliphatic heterocycles. The third-order valence-electron chi connectivity index (χ3n) is 2.67. The average molecular weight is 279 g/mol. The van der Waals surface area contributed by atoms with Crippen molar-refractivity contribution in [1.29, 1.82) is 0 Å². The van der Waals surface area contributed by atoms with Crippen molar-refractivity contribution in [2.45, 2.75) is 10.6 Å². The maximum Gasteiger partial charge on any atom is 0.146 e. The van der Waals surface area contributed by atoms with Crippen LogP contribution < -0.4 is 10.5 Å². The molecule has 0 spiro atoms. The van der Waals surface area contributed by atoms with E-state index < -0.39 is 16.6 Å². The molecule has 0 aromatic heterocycles. The lowest BCUT2D eigenvalue weighted by Crippen LogP contribution is -1.99. The van der Waals surface area contributed by atoms with Crippen LogP contribution in [0.1, 0.15) is 5.56 Å². The third kappa shape index (κ3) is 3.32. The van der Waals surface area contributed by atoms with Crippen LogP contribution in [0.4, 0.5) is 10.1 Å². The van der Waals surface area contributed by atoms with E-state index in [1.54, 1.807) is 37.4 Å². The van der Waals surface area contributed by atoms with Crippen LogP contribution in [0.2, 0.25) is 0 Å². The molecule has 0 aliphatic carbocycles. The molecule has 0 bridgehead atoms. The highest BCUT2D eigenvalue weighted by atomic mass is 32.2. The van der Waals surface area contributed by atoms with Crippen LogP contribution in [0.5, 0.6) is 5.75 Å². The highest BCUT2D eigenvalue weighted by Crippen LogP contribution is 2.19. The molecular weight excluding hydrogens is 265 g/mol. The Morgan fingerprint density at radius 3 is 2.74 bits per heavy atom. The van der Waals surface area contributed by atoms with E-state index in [1.807, 2.05) is 0 Å². The SMILES string of the molecule is COc1cccc(S(=O)Cc2ccc(N)c(F)c2)c1. The van der Waals surface area contributed by atoms with E-state index in [0.29, 0.717) is 16.2 Å². The maximum atomic E-state index is 13.3. The van der Waals surface area contributed by atoms with Crippen molar-refractivity contribution in [2.24, 2.45) is 0 Å². The van der Waals surface area contributed by atoms with E-state index in [4.69, 9.17) is 10.5 Å².